The van der Waals surface area contributed by atoms with Gasteiger partial charge in [-0.15, -0.1) is 0 Å². The normalized spacial score (nSPS) is 18.9. The van der Waals surface area contributed by atoms with Crippen molar-refractivity contribution in [3.63, 3.8) is 0 Å². The van der Waals surface area contributed by atoms with Crippen LogP contribution in [0.25, 0.3) is 0 Å². The van der Waals surface area contributed by atoms with E-state index in [2.05, 4.69) is 4.90 Å². The van der Waals surface area contributed by atoms with E-state index in [1.807, 2.05) is 73.5 Å². The van der Waals surface area contributed by atoms with Crippen LogP contribution in [0.3, 0.4) is 0 Å². The summed E-state index contributed by atoms with van der Waals surface area (Å²) in [5, 5.41) is 0.618. The first-order valence-electron chi connectivity index (χ1n) is 11.8. The van der Waals surface area contributed by atoms with E-state index in [4.69, 9.17) is 16.3 Å². The second-order valence-corrected chi connectivity index (χ2v) is 9.59. The van der Waals surface area contributed by atoms with Crippen molar-refractivity contribution in [1.29, 1.82) is 0 Å². The molecule has 6 nitrogen and oxygen atoms in total. The monoisotopic (exact) mass is 489 g/mol. The van der Waals surface area contributed by atoms with Gasteiger partial charge in [0, 0.05) is 42.0 Å². The molecule has 0 spiro atoms. The number of carbonyl (C=O) groups is 2. The summed E-state index contributed by atoms with van der Waals surface area (Å²) in [4.78, 5) is 32.5. The average molecular weight is 490 g/mol. The Bertz CT molecular complexity index is 1280. The highest BCUT2D eigenvalue weighted by atomic mass is 35.5. The van der Waals surface area contributed by atoms with Gasteiger partial charge in [0.2, 0.25) is 5.91 Å². The highest BCUT2D eigenvalue weighted by Crippen LogP contribution is 2.43. The van der Waals surface area contributed by atoms with Crippen LogP contribution in [-0.4, -0.2) is 38.1 Å². The maximum atomic E-state index is 13.9. The average Bonchev–Trinajstić information content (AvgIpc) is 2.85. The van der Waals surface area contributed by atoms with Crippen molar-refractivity contribution in [2.24, 2.45) is 0 Å². The van der Waals surface area contributed by atoms with Crippen LogP contribution < -0.4 is 19.4 Å². The lowest BCUT2D eigenvalue weighted by Crippen LogP contribution is -2.47. The Kier molecular flexibility index (Phi) is 6.15. The van der Waals surface area contributed by atoms with E-state index in [9.17, 15) is 9.59 Å². The van der Waals surface area contributed by atoms with Gasteiger partial charge in [-0.1, -0.05) is 29.8 Å². The Balaban J connectivity index is 1.54. The van der Waals surface area contributed by atoms with E-state index in [0.717, 1.165) is 34.9 Å². The van der Waals surface area contributed by atoms with E-state index in [0.29, 0.717) is 23.6 Å². The molecule has 35 heavy (non-hydrogen) atoms. The molecule has 0 aromatic heterocycles. The summed E-state index contributed by atoms with van der Waals surface area (Å²) in [7, 11) is 2.01. The molecule has 2 amide bonds. The van der Waals surface area contributed by atoms with Gasteiger partial charge in [-0.3, -0.25) is 9.59 Å². The summed E-state index contributed by atoms with van der Waals surface area (Å²) in [6.45, 7) is 5.02. The number of fused-ring (bicyclic) bond motifs is 2. The minimum Gasteiger partial charge on any atom is -0.490 e. The smallest absolute Gasteiger partial charge is 0.258 e. The van der Waals surface area contributed by atoms with Crippen molar-refractivity contribution >= 4 is 40.5 Å². The number of likely N-dealkylation sites (N-methyl/N-ethyl adjacent to an activating group) is 1. The molecule has 2 atom stereocenters. The lowest BCUT2D eigenvalue weighted by Gasteiger charge is -2.43. The molecule has 3 aromatic rings. The van der Waals surface area contributed by atoms with Crippen molar-refractivity contribution in [3.05, 3.63) is 82.9 Å². The fraction of sp³-hybridized carbons (Fsp3) is 0.286. The van der Waals surface area contributed by atoms with Gasteiger partial charge in [0.1, 0.15) is 12.4 Å². The highest BCUT2D eigenvalue weighted by Gasteiger charge is 2.38. The summed E-state index contributed by atoms with van der Waals surface area (Å²) >= 11 is 6.09. The van der Waals surface area contributed by atoms with E-state index in [1.165, 1.54) is 0 Å². The maximum absolute atomic E-state index is 13.9. The van der Waals surface area contributed by atoms with Crippen LogP contribution in [0, 0.1) is 0 Å². The second-order valence-electron chi connectivity index (χ2n) is 9.15. The molecule has 2 aliphatic rings. The summed E-state index contributed by atoms with van der Waals surface area (Å²) in [5.74, 6) is 0.672. The van der Waals surface area contributed by atoms with Gasteiger partial charge in [0.25, 0.3) is 5.91 Å². The van der Waals surface area contributed by atoms with Gasteiger partial charge in [0.15, 0.2) is 0 Å². The predicted molar refractivity (Wildman–Crippen MR) is 140 cm³/mol. The lowest BCUT2D eigenvalue weighted by molar-refractivity contribution is -0.117. The van der Waals surface area contributed by atoms with Crippen LogP contribution >= 0.6 is 11.6 Å². The quantitative estimate of drug-likeness (QED) is 0.473. The van der Waals surface area contributed by atoms with Gasteiger partial charge >= 0.3 is 0 Å². The van der Waals surface area contributed by atoms with Crippen LogP contribution in [0.5, 0.6) is 5.75 Å². The Morgan fingerprint density at radius 1 is 1.03 bits per heavy atom. The zero-order valence-corrected chi connectivity index (χ0v) is 20.8. The Labute approximate surface area is 210 Å². The first-order valence-corrected chi connectivity index (χ1v) is 12.2. The molecule has 0 N–H and O–H groups in total. The fourth-order valence-corrected chi connectivity index (χ4v) is 5.27. The summed E-state index contributed by atoms with van der Waals surface area (Å²) < 4.78 is 5.75. The number of hydrogen-bond donors (Lipinski definition) is 0. The summed E-state index contributed by atoms with van der Waals surface area (Å²) in [5.41, 5.74) is 4.09. The first-order chi connectivity index (χ1) is 16.8. The number of rotatable bonds is 3. The van der Waals surface area contributed by atoms with Crippen LogP contribution in [0.1, 0.15) is 42.2 Å². The number of para-hydroxylation sites is 1. The lowest BCUT2D eigenvalue weighted by atomic mass is 9.89. The number of carbonyl (C=O) groups excluding carboxylic acids is 2. The Morgan fingerprint density at radius 3 is 2.51 bits per heavy atom. The van der Waals surface area contributed by atoms with Crippen LogP contribution in [-0.2, 0) is 4.79 Å². The van der Waals surface area contributed by atoms with Crippen molar-refractivity contribution in [2.45, 2.75) is 32.4 Å². The van der Waals surface area contributed by atoms with Gasteiger partial charge in [-0.05, 0) is 67.4 Å². The number of benzene rings is 3. The minimum atomic E-state index is -0.202. The third-order valence-electron chi connectivity index (χ3n) is 6.84. The van der Waals surface area contributed by atoms with Gasteiger partial charge in [-0.25, -0.2) is 0 Å². The van der Waals surface area contributed by atoms with Gasteiger partial charge < -0.3 is 19.4 Å². The summed E-state index contributed by atoms with van der Waals surface area (Å²) in [6, 6.07) is 20.4. The zero-order chi connectivity index (χ0) is 24.7. The SMILES string of the molecule is CC(=O)N(c1ccc(Cl)cc1)[C@@H]1C[C@H](C)N(C(=O)c2ccc3c(c2)N(C)CCO3)c2ccccc21. The van der Waals surface area contributed by atoms with Crippen LogP contribution in [0.2, 0.25) is 5.02 Å². The molecule has 2 heterocycles. The third kappa shape index (κ3) is 4.23. The largest absolute Gasteiger partial charge is 0.490 e. The molecule has 0 saturated carbocycles. The predicted octanol–water partition coefficient (Wildman–Crippen LogP) is 5.70. The van der Waals surface area contributed by atoms with Gasteiger partial charge in [-0.2, -0.15) is 0 Å². The zero-order valence-electron chi connectivity index (χ0n) is 20.1. The number of anilines is 3. The molecule has 5 rings (SSSR count). The number of hydrogen-bond acceptors (Lipinski definition) is 4. The molecule has 0 bridgehead atoms. The van der Waals surface area contributed by atoms with E-state index in [-0.39, 0.29) is 23.9 Å². The molecular formula is C28H28ClN3O3. The number of amides is 2. The molecular weight excluding hydrogens is 462 g/mol. The number of nitrogens with zero attached hydrogens (tertiary/aromatic N) is 3. The van der Waals surface area contributed by atoms with Crippen molar-refractivity contribution in [2.75, 3.05) is 34.9 Å². The van der Waals surface area contributed by atoms with Crippen molar-refractivity contribution in [1.82, 2.24) is 0 Å². The van der Waals surface area contributed by atoms with Gasteiger partial charge in [0.05, 0.1) is 18.3 Å². The van der Waals surface area contributed by atoms with E-state index in [1.54, 1.807) is 24.0 Å². The van der Waals surface area contributed by atoms with Crippen molar-refractivity contribution in [3.8, 4) is 5.75 Å². The second kappa shape index (κ2) is 9.27. The molecule has 2 aliphatic heterocycles. The van der Waals surface area contributed by atoms with E-state index >= 15 is 0 Å². The molecule has 0 unspecified atom stereocenters. The standard InChI is InChI=1S/C28H28ClN3O3/c1-18-16-25(32(19(2)33)22-11-9-21(29)10-12-22)23-6-4-5-7-24(23)31(18)28(34)20-8-13-27-26(17-20)30(3)14-15-35-27/h4-13,17-18,25H,14-16H2,1-3H3/t18-,25+/m0/s1. The molecule has 3 aromatic carbocycles. The van der Waals surface area contributed by atoms with Crippen molar-refractivity contribution < 1.29 is 14.3 Å². The van der Waals surface area contributed by atoms with E-state index < -0.39 is 0 Å². The number of ether oxygens (including phenoxy) is 1. The third-order valence-corrected chi connectivity index (χ3v) is 7.09. The number of halogens is 1. The minimum absolute atomic E-state index is 0.0585. The molecule has 7 heteroatoms. The van der Waals surface area contributed by atoms with Crippen LogP contribution in [0.15, 0.2) is 66.7 Å². The fourth-order valence-electron chi connectivity index (χ4n) is 5.14. The van der Waals surface area contributed by atoms with Crippen LogP contribution in [0.4, 0.5) is 17.1 Å². The molecule has 0 fully saturated rings. The molecule has 180 valence electrons. The highest BCUT2D eigenvalue weighted by molar-refractivity contribution is 6.30. The first kappa shape index (κ1) is 23.2. The topological polar surface area (TPSA) is 53.1 Å². The molecule has 0 radical (unpaired) electrons. The summed E-state index contributed by atoms with van der Waals surface area (Å²) in [6.07, 6.45) is 0.610. The Hall–Kier alpha value is -3.51. The molecule has 0 aliphatic carbocycles. The molecule has 0 saturated heterocycles. The maximum Gasteiger partial charge on any atom is 0.258 e. The Morgan fingerprint density at radius 2 is 1.77 bits per heavy atom.